The van der Waals surface area contributed by atoms with Crippen LogP contribution in [0, 0.1) is 13.8 Å². The summed E-state index contributed by atoms with van der Waals surface area (Å²) in [7, 11) is 0. The highest BCUT2D eigenvalue weighted by Gasteiger charge is 2.07. The van der Waals surface area contributed by atoms with Crippen LogP contribution in [0.3, 0.4) is 0 Å². The van der Waals surface area contributed by atoms with E-state index >= 15 is 0 Å². The van der Waals surface area contributed by atoms with Gasteiger partial charge in [0.1, 0.15) is 0 Å². The number of benzene rings is 3. The number of rotatable bonds is 7. The fourth-order valence-corrected chi connectivity index (χ4v) is 3.47. The third-order valence-electron chi connectivity index (χ3n) is 4.60. The minimum Gasteiger partial charge on any atom is -0.325 e. The maximum Gasteiger partial charge on any atom is 0.248 e. The molecule has 2 N–H and O–H groups in total. The zero-order valence-corrected chi connectivity index (χ0v) is 17.8. The molecule has 0 radical (unpaired) electrons. The second-order valence-corrected chi connectivity index (χ2v) is 7.89. The van der Waals surface area contributed by atoms with E-state index in [1.54, 1.807) is 6.08 Å². The third-order valence-corrected chi connectivity index (χ3v) is 5.61. The van der Waals surface area contributed by atoms with Crippen LogP contribution in [0.25, 0.3) is 6.08 Å². The first-order valence-electron chi connectivity index (χ1n) is 9.64. The zero-order valence-electron chi connectivity index (χ0n) is 17.0. The molecule has 0 saturated heterocycles. The molecule has 0 unspecified atom stereocenters. The molecule has 0 atom stereocenters. The Morgan fingerprint density at radius 2 is 1.60 bits per heavy atom. The summed E-state index contributed by atoms with van der Waals surface area (Å²) in [6.45, 7) is 4.03. The topological polar surface area (TPSA) is 58.2 Å². The Morgan fingerprint density at radius 3 is 2.33 bits per heavy atom. The average molecular weight is 417 g/mol. The van der Waals surface area contributed by atoms with E-state index in [4.69, 9.17) is 0 Å². The average Bonchev–Trinajstić information content (AvgIpc) is 2.76. The Labute approximate surface area is 181 Å². The van der Waals surface area contributed by atoms with Crippen molar-refractivity contribution in [1.29, 1.82) is 0 Å². The van der Waals surface area contributed by atoms with Gasteiger partial charge in [0, 0.05) is 22.3 Å². The van der Waals surface area contributed by atoms with Gasteiger partial charge < -0.3 is 10.6 Å². The highest BCUT2D eigenvalue weighted by atomic mass is 32.2. The van der Waals surface area contributed by atoms with Crippen LogP contribution in [-0.4, -0.2) is 17.6 Å². The maximum absolute atomic E-state index is 12.3. The van der Waals surface area contributed by atoms with E-state index in [9.17, 15) is 9.59 Å². The maximum atomic E-state index is 12.3. The molecule has 0 aliphatic carbocycles. The number of hydrogen-bond acceptors (Lipinski definition) is 3. The molecule has 0 bridgehead atoms. The molecule has 0 saturated carbocycles. The Morgan fingerprint density at radius 1 is 0.867 bits per heavy atom. The predicted octanol–water partition coefficient (Wildman–Crippen LogP) is 5.69. The highest BCUT2D eigenvalue weighted by molar-refractivity contribution is 8.00. The molecule has 2 amide bonds. The van der Waals surface area contributed by atoms with E-state index in [1.807, 2.05) is 86.6 Å². The molecule has 152 valence electrons. The number of hydrogen-bond donors (Lipinski definition) is 2. The van der Waals surface area contributed by atoms with Gasteiger partial charge >= 0.3 is 0 Å². The summed E-state index contributed by atoms with van der Waals surface area (Å²) >= 11 is 1.45. The van der Waals surface area contributed by atoms with Gasteiger partial charge in [0.15, 0.2) is 0 Å². The molecule has 0 aliphatic rings. The van der Waals surface area contributed by atoms with Gasteiger partial charge in [-0.15, -0.1) is 11.8 Å². The molecule has 0 aromatic heterocycles. The van der Waals surface area contributed by atoms with Gasteiger partial charge in [0.25, 0.3) is 0 Å². The lowest BCUT2D eigenvalue weighted by atomic mass is 10.1. The van der Waals surface area contributed by atoms with E-state index in [0.29, 0.717) is 11.4 Å². The Bertz CT molecular complexity index is 1040. The normalized spacial score (nSPS) is 10.7. The first kappa shape index (κ1) is 21.4. The summed E-state index contributed by atoms with van der Waals surface area (Å²) in [5, 5.41) is 5.80. The lowest BCUT2D eigenvalue weighted by Gasteiger charge is -2.10. The molecular formula is C25H24N2O2S. The molecule has 3 aromatic carbocycles. The standard InChI is InChI=1S/C25H24N2O2S/c1-18-7-6-10-23(19(18)2)27-25(29)17-30-22-14-12-21(13-15-22)26-24(28)16-11-20-8-4-3-5-9-20/h3-16H,17H2,1-2H3,(H,26,28)(H,27,29)/b16-11+. The Balaban J connectivity index is 1.48. The summed E-state index contributed by atoms with van der Waals surface area (Å²) in [6, 6.07) is 23.0. The van der Waals surface area contributed by atoms with Gasteiger partial charge in [0.2, 0.25) is 11.8 Å². The predicted molar refractivity (Wildman–Crippen MR) is 126 cm³/mol. The minimum absolute atomic E-state index is 0.0443. The second kappa shape index (κ2) is 10.5. The van der Waals surface area contributed by atoms with Crippen molar-refractivity contribution in [3.05, 3.63) is 95.6 Å². The number of amides is 2. The van der Waals surface area contributed by atoms with Crippen molar-refractivity contribution in [1.82, 2.24) is 0 Å². The molecule has 0 aliphatic heterocycles. The number of nitrogens with one attached hydrogen (secondary N) is 2. The quantitative estimate of drug-likeness (QED) is 0.384. The molecule has 0 fully saturated rings. The fraction of sp³-hybridized carbons (Fsp3) is 0.120. The largest absolute Gasteiger partial charge is 0.325 e. The highest BCUT2D eigenvalue weighted by Crippen LogP contribution is 2.22. The van der Waals surface area contributed by atoms with Crippen molar-refractivity contribution < 1.29 is 9.59 Å². The van der Waals surface area contributed by atoms with Crippen molar-refractivity contribution in [2.75, 3.05) is 16.4 Å². The molecular weight excluding hydrogens is 392 g/mol. The SMILES string of the molecule is Cc1cccc(NC(=O)CSc2ccc(NC(=O)/C=C/c3ccccc3)cc2)c1C. The summed E-state index contributed by atoms with van der Waals surface area (Å²) in [5.41, 5.74) is 4.76. The molecule has 3 rings (SSSR count). The third kappa shape index (κ3) is 6.36. The molecule has 0 spiro atoms. The number of carbonyl (C=O) groups excluding carboxylic acids is 2. The van der Waals surface area contributed by atoms with Crippen molar-refractivity contribution in [2.24, 2.45) is 0 Å². The second-order valence-electron chi connectivity index (χ2n) is 6.84. The van der Waals surface area contributed by atoms with Gasteiger partial charge in [-0.1, -0.05) is 42.5 Å². The van der Waals surface area contributed by atoms with Crippen molar-refractivity contribution in [3.63, 3.8) is 0 Å². The fourth-order valence-electron chi connectivity index (χ4n) is 2.78. The van der Waals surface area contributed by atoms with Crippen LogP contribution in [0.1, 0.15) is 16.7 Å². The van der Waals surface area contributed by atoms with Gasteiger partial charge in [0.05, 0.1) is 5.75 Å². The first-order valence-corrected chi connectivity index (χ1v) is 10.6. The van der Waals surface area contributed by atoms with E-state index in [2.05, 4.69) is 10.6 Å². The summed E-state index contributed by atoms with van der Waals surface area (Å²) in [4.78, 5) is 25.3. The lowest BCUT2D eigenvalue weighted by Crippen LogP contribution is -2.15. The number of carbonyl (C=O) groups is 2. The monoisotopic (exact) mass is 416 g/mol. The molecule has 0 heterocycles. The molecule has 5 heteroatoms. The molecule has 30 heavy (non-hydrogen) atoms. The van der Waals surface area contributed by atoms with Gasteiger partial charge in [-0.05, 0) is 66.9 Å². The van der Waals surface area contributed by atoms with Crippen LogP contribution in [0.4, 0.5) is 11.4 Å². The van der Waals surface area contributed by atoms with Crippen LogP contribution in [0.2, 0.25) is 0 Å². The molecule has 3 aromatic rings. The first-order chi connectivity index (χ1) is 14.5. The van der Waals surface area contributed by atoms with Gasteiger partial charge in [-0.2, -0.15) is 0 Å². The molecule has 4 nitrogen and oxygen atoms in total. The summed E-state index contributed by atoms with van der Waals surface area (Å²) in [5.74, 6) is 0.0862. The van der Waals surface area contributed by atoms with Crippen LogP contribution < -0.4 is 10.6 Å². The van der Waals surface area contributed by atoms with E-state index in [-0.39, 0.29) is 11.8 Å². The van der Waals surface area contributed by atoms with E-state index < -0.39 is 0 Å². The number of anilines is 2. The Hall–Kier alpha value is -3.31. The lowest BCUT2D eigenvalue weighted by molar-refractivity contribution is -0.114. The zero-order chi connectivity index (χ0) is 21.3. The Kier molecular flexibility index (Phi) is 7.46. The van der Waals surface area contributed by atoms with Crippen LogP contribution in [0.5, 0.6) is 0 Å². The van der Waals surface area contributed by atoms with E-state index in [0.717, 1.165) is 27.3 Å². The van der Waals surface area contributed by atoms with Crippen LogP contribution >= 0.6 is 11.8 Å². The van der Waals surface area contributed by atoms with E-state index in [1.165, 1.54) is 17.8 Å². The van der Waals surface area contributed by atoms with Crippen molar-refractivity contribution in [2.45, 2.75) is 18.7 Å². The van der Waals surface area contributed by atoms with Gasteiger partial charge in [-0.3, -0.25) is 9.59 Å². The van der Waals surface area contributed by atoms with Crippen LogP contribution in [-0.2, 0) is 9.59 Å². The minimum atomic E-state index is -0.188. The van der Waals surface area contributed by atoms with Crippen LogP contribution in [0.15, 0.2) is 83.8 Å². The van der Waals surface area contributed by atoms with Crippen molar-refractivity contribution >= 4 is 41.0 Å². The van der Waals surface area contributed by atoms with Gasteiger partial charge in [-0.25, -0.2) is 0 Å². The number of aryl methyl sites for hydroxylation is 1. The van der Waals surface area contributed by atoms with Crippen molar-refractivity contribution in [3.8, 4) is 0 Å². The smallest absolute Gasteiger partial charge is 0.248 e. The summed E-state index contributed by atoms with van der Waals surface area (Å²) in [6.07, 6.45) is 3.28. The summed E-state index contributed by atoms with van der Waals surface area (Å²) < 4.78 is 0. The number of thioether (sulfide) groups is 1.